The third-order valence-electron chi connectivity index (χ3n) is 12.3. The van der Waals surface area contributed by atoms with E-state index in [1.165, 1.54) is 19.3 Å². The molecule has 0 aliphatic heterocycles. The van der Waals surface area contributed by atoms with Gasteiger partial charge in [-0.3, -0.25) is 14.8 Å². The van der Waals surface area contributed by atoms with Crippen LogP contribution in [0.2, 0.25) is 0 Å². The van der Waals surface area contributed by atoms with Crippen molar-refractivity contribution in [1.82, 2.24) is 9.97 Å². The van der Waals surface area contributed by atoms with E-state index in [4.69, 9.17) is 4.74 Å². The van der Waals surface area contributed by atoms with E-state index in [9.17, 15) is 15.0 Å². The molecule has 5 rings (SSSR count). The average molecular weight is 527 g/mol. The van der Waals surface area contributed by atoms with Crippen LogP contribution in [0, 0.1) is 67.1 Å². The van der Waals surface area contributed by atoms with Gasteiger partial charge in [-0.1, -0.05) is 20.8 Å². The second kappa shape index (κ2) is 10.5. The highest BCUT2D eigenvalue weighted by Gasteiger charge is 2.63. The smallest absolute Gasteiger partial charge is 0.306 e. The normalized spacial score (nSPS) is 41.1. The van der Waals surface area contributed by atoms with Crippen LogP contribution in [-0.2, 0) is 16.1 Å². The zero-order chi connectivity index (χ0) is 27.4. The van der Waals surface area contributed by atoms with Gasteiger partial charge in [0.2, 0.25) is 0 Å². The molecule has 0 aromatic carbocycles. The van der Waals surface area contributed by atoms with Crippen molar-refractivity contribution in [3.8, 4) is 0 Å². The summed E-state index contributed by atoms with van der Waals surface area (Å²) in [5.74, 6) is 3.04. The quantitative estimate of drug-likeness (QED) is 0.452. The summed E-state index contributed by atoms with van der Waals surface area (Å²) in [6, 6.07) is 0. The highest BCUT2D eigenvalue weighted by Crippen LogP contribution is 2.68. The fourth-order valence-electron chi connectivity index (χ4n) is 9.83. The summed E-state index contributed by atoms with van der Waals surface area (Å²) in [7, 11) is 0. The lowest BCUT2D eigenvalue weighted by atomic mass is 9.43. The Labute approximate surface area is 229 Å². The van der Waals surface area contributed by atoms with E-state index < -0.39 is 0 Å². The van der Waals surface area contributed by atoms with Gasteiger partial charge in [-0.2, -0.15) is 0 Å². The van der Waals surface area contributed by atoms with E-state index in [0.29, 0.717) is 41.9 Å². The molecule has 10 atom stereocenters. The van der Waals surface area contributed by atoms with Crippen LogP contribution in [0.1, 0.15) is 108 Å². The van der Waals surface area contributed by atoms with E-state index >= 15 is 0 Å². The van der Waals surface area contributed by atoms with E-state index in [-0.39, 0.29) is 35.6 Å². The molecule has 0 saturated heterocycles. The van der Waals surface area contributed by atoms with Gasteiger partial charge < -0.3 is 14.9 Å². The van der Waals surface area contributed by atoms with Crippen LogP contribution in [0.4, 0.5) is 0 Å². The number of aromatic nitrogens is 2. The largest absolute Gasteiger partial charge is 0.459 e. The molecule has 4 aliphatic carbocycles. The fraction of sp³-hybridized carbons (Fsp3) is 0.844. The summed E-state index contributed by atoms with van der Waals surface area (Å²) < 4.78 is 5.60. The van der Waals surface area contributed by atoms with Crippen molar-refractivity contribution in [2.24, 2.45) is 46.3 Å². The molecule has 0 radical (unpaired) electrons. The number of hydrogen-bond donors (Lipinski definition) is 2. The van der Waals surface area contributed by atoms with Crippen LogP contribution in [-0.4, -0.2) is 38.4 Å². The van der Waals surface area contributed by atoms with Gasteiger partial charge in [-0.25, -0.2) is 0 Å². The predicted octanol–water partition coefficient (Wildman–Crippen LogP) is 5.85. The number of hydrogen-bond acceptors (Lipinski definition) is 6. The first kappa shape index (κ1) is 28.0. The number of aryl methyl sites for hydroxylation is 3. The monoisotopic (exact) mass is 526 g/mol. The van der Waals surface area contributed by atoms with Crippen LogP contribution < -0.4 is 0 Å². The van der Waals surface area contributed by atoms with Crippen LogP contribution in [0.3, 0.4) is 0 Å². The van der Waals surface area contributed by atoms with Crippen LogP contribution in [0.5, 0.6) is 0 Å². The second-order valence-electron chi connectivity index (χ2n) is 14.0. The topological polar surface area (TPSA) is 92.5 Å². The van der Waals surface area contributed by atoms with Gasteiger partial charge in [-0.15, -0.1) is 0 Å². The first-order valence-corrected chi connectivity index (χ1v) is 15.3. The zero-order valence-electron chi connectivity index (χ0n) is 24.5. The molecular weight excluding hydrogens is 476 g/mol. The minimum absolute atomic E-state index is 0.0754. The third-order valence-corrected chi connectivity index (χ3v) is 12.3. The van der Waals surface area contributed by atoms with Gasteiger partial charge in [0, 0.05) is 6.42 Å². The molecule has 1 aromatic heterocycles. The lowest BCUT2D eigenvalue weighted by Crippen LogP contribution is -2.58. The maximum atomic E-state index is 12.7. The Bertz CT molecular complexity index is 1040. The van der Waals surface area contributed by atoms with E-state index in [0.717, 1.165) is 61.3 Å². The molecule has 38 heavy (non-hydrogen) atoms. The molecule has 4 aliphatic rings. The molecule has 0 spiro atoms. The SMILES string of the molecule is Cc1nc(C)c(COC(=O)CC[C@@H](C)[C@H]2CC[C@H]3[C@@H]4CC[C@@H]5C[C@H](O)CC[C@]5(C)[C@H]4C[C@H](O)[C@]23C)nc1C. The second-order valence-corrected chi connectivity index (χ2v) is 14.0. The van der Waals surface area contributed by atoms with Crippen molar-refractivity contribution in [3.63, 3.8) is 0 Å². The van der Waals surface area contributed by atoms with Crippen LogP contribution in [0.15, 0.2) is 0 Å². The van der Waals surface area contributed by atoms with Gasteiger partial charge in [-0.05, 0) is 125 Å². The predicted molar refractivity (Wildman–Crippen MR) is 147 cm³/mol. The van der Waals surface area contributed by atoms with E-state index in [2.05, 4.69) is 30.7 Å². The summed E-state index contributed by atoms with van der Waals surface area (Å²) in [5.41, 5.74) is 3.51. The Morgan fingerprint density at radius 1 is 0.974 bits per heavy atom. The summed E-state index contributed by atoms with van der Waals surface area (Å²) >= 11 is 0. The number of esters is 1. The number of carbonyl (C=O) groups excluding carboxylic acids is 1. The molecule has 4 fully saturated rings. The maximum Gasteiger partial charge on any atom is 0.306 e. The minimum Gasteiger partial charge on any atom is -0.459 e. The van der Waals surface area contributed by atoms with Crippen molar-refractivity contribution in [1.29, 1.82) is 0 Å². The molecule has 0 amide bonds. The standard InChI is InChI=1S/C32H50N2O4/c1-18(7-12-30(37)38-17-28-21(4)33-19(2)20(3)34-28)25-10-11-26-24-9-8-22-15-23(35)13-14-31(22,5)27(24)16-29(36)32(25,26)6/h18,22-27,29,35-36H,7-17H2,1-6H3/t18-,22-,23-,24+,25-,26+,27+,29+,31+,32-/m1/s1. The van der Waals surface area contributed by atoms with Crippen molar-refractivity contribution in [2.75, 3.05) is 0 Å². The van der Waals surface area contributed by atoms with Gasteiger partial charge >= 0.3 is 5.97 Å². The molecule has 6 heteroatoms. The Morgan fingerprint density at radius 2 is 1.71 bits per heavy atom. The third kappa shape index (κ3) is 4.72. The number of aliphatic hydroxyl groups is 2. The van der Waals surface area contributed by atoms with Gasteiger partial charge in [0.25, 0.3) is 0 Å². The number of ether oxygens (including phenoxy) is 1. The summed E-state index contributed by atoms with van der Waals surface area (Å²) in [5, 5.41) is 22.1. The number of carbonyl (C=O) groups is 1. The van der Waals surface area contributed by atoms with E-state index in [1.54, 1.807) is 0 Å². The lowest BCUT2D eigenvalue weighted by Gasteiger charge is -2.62. The first-order chi connectivity index (χ1) is 17.9. The van der Waals surface area contributed by atoms with Crippen molar-refractivity contribution < 1.29 is 19.7 Å². The van der Waals surface area contributed by atoms with Crippen molar-refractivity contribution >= 4 is 5.97 Å². The molecular formula is C32H50N2O4. The molecule has 0 bridgehead atoms. The Hall–Kier alpha value is -1.53. The van der Waals surface area contributed by atoms with Crippen LogP contribution >= 0.6 is 0 Å². The first-order valence-electron chi connectivity index (χ1n) is 15.3. The molecule has 4 saturated carbocycles. The highest BCUT2D eigenvalue weighted by molar-refractivity contribution is 5.69. The number of rotatable bonds is 6. The van der Waals surface area contributed by atoms with Gasteiger partial charge in [0.1, 0.15) is 6.61 Å². The highest BCUT2D eigenvalue weighted by atomic mass is 16.5. The minimum atomic E-state index is -0.288. The Morgan fingerprint density at radius 3 is 2.47 bits per heavy atom. The lowest BCUT2D eigenvalue weighted by molar-refractivity contribution is -0.175. The maximum absolute atomic E-state index is 12.7. The summed E-state index contributed by atoms with van der Waals surface area (Å²) in [6.07, 6.45) is 9.47. The summed E-state index contributed by atoms with van der Waals surface area (Å²) in [6.45, 7) is 13.1. The van der Waals surface area contributed by atoms with Gasteiger partial charge in [0.15, 0.2) is 0 Å². The Balaban J connectivity index is 1.20. The molecule has 1 heterocycles. The van der Waals surface area contributed by atoms with Crippen LogP contribution in [0.25, 0.3) is 0 Å². The molecule has 0 unspecified atom stereocenters. The molecule has 2 N–H and O–H groups in total. The number of nitrogens with zero attached hydrogens (tertiary/aromatic N) is 2. The molecule has 212 valence electrons. The van der Waals surface area contributed by atoms with Crippen molar-refractivity contribution in [2.45, 2.75) is 125 Å². The Kier molecular flexibility index (Phi) is 7.71. The number of fused-ring (bicyclic) bond motifs is 5. The molecule has 1 aromatic rings. The summed E-state index contributed by atoms with van der Waals surface area (Å²) in [4.78, 5) is 21.7. The zero-order valence-corrected chi connectivity index (χ0v) is 24.5. The molecule has 6 nitrogen and oxygen atoms in total. The van der Waals surface area contributed by atoms with Crippen molar-refractivity contribution in [3.05, 3.63) is 22.8 Å². The van der Waals surface area contributed by atoms with Gasteiger partial charge in [0.05, 0.1) is 35.0 Å². The van der Waals surface area contributed by atoms with E-state index in [1.807, 2.05) is 20.8 Å². The number of aliphatic hydroxyl groups excluding tert-OH is 2. The average Bonchev–Trinajstić information content (AvgIpc) is 3.24. The fourth-order valence-corrected chi connectivity index (χ4v) is 9.83.